The third-order valence-corrected chi connectivity index (χ3v) is 2.55. The van der Waals surface area contributed by atoms with Crippen molar-refractivity contribution in [2.75, 3.05) is 13.2 Å². The van der Waals surface area contributed by atoms with E-state index in [1.54, 1.807) is 0 Å². The Morgan fingerprint density at radius 3 is 2.22 bits per heavy atom. The van der Waals surface area contributed by atoms with Gasteiger partial charge >= 0.3 is 0 Å². The van der Waals surface area contributed by atoms with E-state index >= 15 is 0 Å². The number of hydrogen-bond donors (Lipinski definition) is 1. The van der Waals surface area contributed by atoms with Crippen molar-refractivity contribution in [1.82, 2.24) is 0 Å². The monoisotopic (exact) mass is 127 g/mol. The van der Waals surface area contributed by atoms with Gasteiger partial charge in [0, 0.05) is 12.8 Å². The number of rotatable bonds is 0. The van der Waals surface area contributed by atoms with E-state index in [1.165, 1.54) is 17.7 Å². The van der Waals surface area contributed by atoms with Crippen molar-refractivity contribution < 1.29 is 9.64 Å². The van der Waals surface area contributed by atoms with Gasteiger partial charge in [-0.1, -0.05) is 0 Å². The molecular formula is C7H13NO. The molecule has 0 aromatic heterocycles. The molecular weight excluding hydrogens is 114 g/mol. The highest BCUT2D eigenvalue weighted by molar-refractivity contribution is 4.74. The van der Waals surface area contributed by atoms with Gasteiger partial charge in [0.15, 0.2) is 0 Å². The standard InChI is InChI=1S/C7H13NO/c1-8-6-2-3-7(8)5-9-4-6/h6-8H,1-5H2. The molecule has 2 aliphatic heterocycles. The molecule has 0 saturated carbocycles. The molecule has 2 unspecified atom stereocenters. The summed E-state index contributed by atoms with van der Waals surface area (Å²) in [5.41, 5.74) is 0. The maximum absolute atomic E-state index is 5.37. The number of ether oxygens (including phenoxy) is 1. The summed E-state index contributed by atoms with van der Waals surface area (Å²) < 4.78 is 5.37. The average molecular weight is 127 g/mol. The van der Waals surface area contributed by atoms with Gasteiger partial charge in [0.2, 0.25) is 0 Å². The molecule has 0 amide bonds. The molecule has 0 radical (unpaired) electrons. The zero-order valence-corrected chi connectivity index (χ0v) is 5.60. The fourth-order valence-corrected chi connectivity index (χ4v) is 1.84. The van der Waals surface area contributed by atoms with Crippen LogP contribution in [0.4, 0.5) is 0 Å². The maximum Gasteiger partial charge on any atom is 0.0966 e. The first-order valence-electron chi connectivity index (χ1n) is 3.64. The second kappa shape index (κ2) is 1.96. The minimum absolute atomic E-state index is 0.712. The van der Waals surface area contributed by atoms with Gasteiger partial charge in [0.25, 0.3) is 0 Å². The Bertz CT molecular complexity index is 99.5. The third kappa shape index (κ3) is 0.775. The molecule has 0 aromatic carbocycles. The lowest BCUT2D eigenvalue weighted by Crippen LogP contribution is -3.14. The van der Waals surface area contributed by atoms with E-state index in [9.17, 15) is 0 Å². The smallest absolute Gasteiger partial charge is 0.0966 e. The predicted molar refractivity (Wildman–Crippen MR) is 33.9 cm³/mol. The molecule has 52 valence electrons. The Hall–Kier alpha value is -0.0800. The highest BCUT2D eigenvalue weighted by Gasteiger charge is 2.34. The van der Waals surface area contributed by atoms with Gasteiger partial charge in [0.1, 0.15) is 0 Å². The van der Waals surface area contributed by atoms with Crippen molar-refractivity contribution >= 4 is 0 Å². The fraction of sp³-hybridized carbons (Fsp3) is 0.857. The topological polar surface area (TPSA) is 13.7 Å². The zero-order valence-electron chi connectivity index (χ0n) is 5.60. The van der Waals surface area contributed by atoms with Crippen LogP contribution in [0.1, 0.15) is 12.8 Å². The normalized spacial score (nSPS) is 49.7. The predicted octanol–water partition coefficient (Wildman–Crippen LogP) is -0.776. The minimum Gasteiger partial charge on any atom is -0.459 e. The first kappa shape index (κ1) is 5.69. The van der Waals surface area contributed by atoms with Gasteiger partial charge in [0.05, 0.1) is 25.3 Å². The van der Waals surface area contributed by atoms with Gasteiger partial charge in [-0.25, -0.2) is 0 Å². The van der Waals surface area contributed by atoms with Crippen LogP contribution in [0.5, 0.6) is 0 Å². The van der Waals surface area contributed by atoms with E-state index in [1.807, 2.05) is 0 Å². The summed E-state index contributed by atoms with van der Waals surface area (Å²) in [6, 6.07) is 1.42. The van der Waals surface area contributed by atoms with Gasteiger partial charge in [-0.3, -0.25) is 0 Å². The lowest BCUT2D eigenvalue weighted by Gasteiger charge is -2.33. The molecule has 0 aliphatic carbocycles. The summed E-state index contributed by atoms with van der Waals surface area (Å²) >= 11 is 0. The summed E-state index contributed by atoms with van der Waals surface area (Å²) in [5, 5.41) is 0. The van der Waals surface area contributed by atoms with E-state index in [4.69, 9.17) is 4.74 Å². The first-order chi connectivity index (χ1) is 4.38. The first-order valence-corrected chi connectivity index (χ1v) is 3.64. The van der Waals surface area contributed by atoms with Crippen LogP contribution in [0.3, 0.4) is 0 Å². The van der Waals surface area contributed by atoms with Gasteiger partial charge in [-0.2, -0.15) is 7.05 Å². The van der Waals surface area contributed by atoms with E-state index in [0.717, 1.165) is 13.2 Å². The van der Waals surface area contributed by atoms with E-state index in [2.05, 4.69) is 7.05 Å². The maximum atomic E-state index is 5.37. The van der Waals surface area contributed by atoms with Crippen LogP contribution in [0, 0.1) is 7.05 Å². The van der Waals surface area contributed by atoms with E-state index in [-0.39, 0.29) is 0 Å². The van der Waals surface area contributed by atoms with Crippen molar-refractivity contribution in [3.05, 3.63) is 7.05 Å². The number of morpholine rings is 1. The third-order valence-electron chi connectivity index (χ3n) is 2.55. The highest BCUT2D eigenvalue weighted by Crippen LogP contribution is 2.11. The Balaban J connectivity index is 2.10. The van der Waals surface area contributed by atoms with E-state index in [0.29, 0.717) is 12.1 Å². The van der Waals surface area contributed by atoms with Gasteiger partial charge < -0.3 is 9.64 Å². The molecule has 2 fully saturated rings. The SMILES string of the molecule is [CH2-][NH+]1C2CCC1COC2. The Morgan fingerprint density at radius 1 is 1.22 bits per heavy atom. The second-order valence-electron chi connectivity index (χ2n) is 3.08. The van der Waals surface area contributed by atoms with Gasteiger partial charge in [-0.05, 0) is 0 Å². The summed E-state index contributed by atoms with van der Waals surface area (Å²) in [7, 11) is 4.06. The van der Waals surface area contributed by atoms with Crippen molar-refractivity contribution in [1.29, 1.82) is 0 Å². The molecule has 0 spiro atoms. The molecule has 2 heterocycles. The highest BCUT2D eigenvalue weighted by atomic mass is 16.5. The lowest BCUT2D eigenvalue weighted by molar-refractivity contribution is -0.901. The molecule has 2 atom stereocenters. The Labute approximate surface area is 55.8 Å². The molecule has 9 heavy (non-hydrogen) atoms. The molecule has 2 nitrogen and oxygen atoms in total. The van der Waals surface area contributed by atoms with Crippen molar-refractivity contribution in [3.63, 3.8) is 0 Å². The second-order valence-corrected chi connectivity index (χ2v) is 3.08. The van der Waals surface area contributed by atoms with Crippen molar-refractivity contribution in [2.45, 2.75) is 24.9 Å². The van der Waals surface area contributed by atoms with Crippen molar-refractivity contribution in [2.24, 2.45) is 0 Å². The number of nitrogens with one attached hydrogen (secondary N) is 1. The molecule has 2 saturated heterocycles. The van der Waals surface area contributed by atoms with Crippen LogP contribution in [0.25, 0.3) is 0 Å². The summed E-state index contributed by atoms with van der Waals surface area (Å²) in [4.78, 5) is 1.46. The Kier molecular flexibility index (Phi) is 1.24. The molecule has 2 aliphatic rings. The molecule has 0 aromatic rings. The van der Waals surface area contributed by atoms with Crippen molar-refractivity contribution in [3.8, 4) is 0 Å². The van der Waals surface area contributed by atoms with Crippen LogP contribution < -0.4 is 4.90 Å². The summed E-state index contributed by atoms with van der Waals surface area (Å²) in [6.07, 6.45) is 2.65. The molecule has 2 heteroatoms. The fourth-order valence-electron chi connectivity index (χ4n) is 1.84. The summed E-state index contributed by atoms with van der Waals surface area (Å²) in [6.45, 7) is 1.88. The van der Waals surface area contributed by atoms with Crippen LogP contribution in [0.15, 0.2) is 0 Å². The van der Waals surface area contributed by atoms with Crippen LogP contribution in [0.2, 0.25) is 0 Å². The quantitative estimate of drug-likeness (QED) is 0.422. The number of quaternary nitrogens is 1. The van der Waals surface area contributed by atoms with Crippen LogP contribution in [-0.2, 0) is 4.74 Å². The average Bonchev–Trinajstić information content (AvgIpc) is 2.19. The summed E-state index contributed by atoms with van der Waals surface area (Å²) in [5.74, 6) is 0. The number of hydrogen-bond acceptors (Lipinski definition) is 1. The van der Waals surface area contributed by atoms with E-state index < -0.39 is 0 Å². The van der Waals surface area contributed by atoms with Crippen LogP contribution in [-0.4, -0.2) is 25.3 Å². The molecule has 2 bridgehead atoms. The number of fused-ring (bicyclic) bond motifs is 2. The van der Waals surface area contributed by atoms with Gasteiger partial charge in [-0.15, -0.1) is 0 Å². The Morgan fingerprint density at radius 2 is 1.78 bits per heavy atom. The zero-order chi connectivity index (χ0) is 6.27. The lowest BCUT2D eigenvalue weighted by atomic mass is 10.2. The largest absolute Gasteiger partial charge is 0.459 e. The minimum atomic E-state index is 0.712. The van der Waals surface area contributed by atoms with Crippen LogP contribution >= 0.6 is 0 Å². The molecule has 2 rings (SSSR count). The molecule has 1 N–H and O–H groups in total.